The largest absolute Gasteiger partial charge is 0.480 e. The van der Waals surface area contributed by atoms with Crippen molar-refractivity contribution in [2.24, 2.45) is 17.6 Å². The van der Waals surface area contributed by atoms with Gasteiger partial charge >= 0.3 is 5.97 Å². The van der Waals surface area contributed by atoms with Crippen LogP contribution in [0.4, 0.5) is 0 Å². The molecule has 2 aliphatic rings. The predicted molar refractivity (Wildman–Crippen MR) is 84.5 cm³/mol. The molecule has 0 bridgehead atoms. The fraction of sp³-hybridized carbons (Fsp3) is 0.812. The molecule has 0 spiro atoms. The molecule has 1 aliphatic carbocycles. The molecule has 7 heteroatoms. The first-order chi connectivity index (χ1) is 11.0. The molecule has 3 atom stereocenters. The van der Waals surface area contributed by atoms with E-state index in [4.69, 9.17) is 5.73 Å². The molecular formula is C16H27N3O4. The minimum atomic E-state index is -1.12. The van der Waals surface area contributed by atoms with Gasteiger partial charge in [-0.3, -0.25) is 9.59 Å². The highest BCUT2D eigenvalue weighted by Gasteiger charge is 2.32. The zero-order valence-corrected chi connectivity index (χ0v) is 13.4. The van der Waals surface area contributed by atoms with E-state index >= 15 is 0 Å². The molecule has 2 amide bonds. The van der Waals surface area contributed by atoms with Crippen LogP contribution in [-0.2, 0) is 14.4 Å². The van der Waals surface area contributed by atoms with Gasteiger partial charge in [0, 0.05) is 12.5 Å². The number of carboxylic acid groups (broad SMARTS) is 1. The molecule has 130 valence electrons. The fourth-order valence-corrected chi connectivity index (χ4v) is 3.54. The third-order valence-electron chi connectivity index (χ3n) is 4.95. The quantitative estimate of drug-likeness (QED) is 0.539. The van der Waals surface area contributed by atoms with Gasteiger partial charge in [-0.2, -0.15) is 0 Å². The molecule has 2 unspecified atom stereocenters. The van der Waals surface area contributed by atoms with E-state index in [0.29, 0.717) is 25.3 Å². The molecular weight excluding hydrogens is 298 g/mol. The third-order valence-corrected chi connectivity index (χ3v) is 4.95. The van der Waals surface area contributed by atoms with Crippen molar-refractivity contribution in [2.75, 3.05) is 6.54 Å². The van der Waals surface area contributed by atoms with E-state index in [9.17, 15) is 19.5 Å². The minimum absolute atomic E-state index is 0.114. The fourth-order valence-electron chi connectivity index (χ4n) is 3.54. The molecule has 0 aromatic rings. The summed E-state index contributed by atoms with van der Waals surface area (Å²) in [5, 5.41) is 14.5. The van der Waals surface area contributed by atoms with Crippen LogP contribution in [0, 0.1) is 11.8 Å². The van der Waals surface area contributed by atoms with Gasteiger partial charge < -0.3 is 21.5 Å². The van der Waals surface area contributed by atoms with Gasteiger partial charge in [-0.05, 0) is 25.2 Å². The highest BCUT2D eigenvalue weighted by molar-refractivity contribution is 5.87. The van der Waals surface area contributed by atoms with Crippen LogP contribution in [-0.4, -0.2) is 41.5 Å². The average molecular weight is 325 g/mol. The summed E-state index contributed by atoms with van der Waals surface area (Å²) in [6.07, 6.45) is 7.08. The van der Waals surface area contributed by atoms with Crippen molar-refractivity contribution in [3.8, 4) is 0 Å². The van der Waals surface area contributed by atoms with Gasteiger partial charge in [0.25, 0.3) is 0 Å². The summed E-state index contributed by atoms with van der Waals surface area (Å²) in [6.45, 7) is 0.560. The first-order valence-corrected chi connectivity index (χ1v) is 8.54. The number of carboxylic acids is 1. The summed E-state index contributed by atoms with van der Waals surface area (Å²) in [5.74, 6) is -1.60. The Hall–Kier alpha value is -1.63. The van der Waals surface area contributed by atoms with Crippen LogP contribution in [0.3, 0.4) is 0 Å². The van der Waals surface area contributed by atoms with E-state index in [2.05, 4.69) is 10.6 Å². The van der Waals surface area contributed by atoms with Gasteiger partial charge in [-0.1, -0.05) is 32.1 Å². The van der Waals surface area contributed by atoms with E-state index in [1.807, 2.05) is 0 Å². The second-order valence-corrected chi connectivity index (χ2v) is 6.76. The van der Waals surface area contributed by atoms with Gasteiger partial charge in [0.2, 0.25) is 11.8 Å². The number of rotatable bonds is 7. The van der Waals surface area contributed by atoms with E-state index in [1.54, 1.807) is 0 Å². The Morgan fingerprint density at radius 3 is 2.48 bits per heavy atom. The first-order valence-electron chi connectivity index (χ1n) is 8.54. The van der Waals surface area contributed by atoms with Crippen molar-refractivity contribution in [3.63, 3.8) is 0 Å². The van der Waals surface area contributed by atoms with E-state index < -0.39 is 24.0 Å². The van der Waals surface area contributed by atoms with Crippen molar-refractivity contribution in [2.45, 2.75) is 63.5 Å². The van der Waals surface area contributed by atoms with E-state index in [-0.39, 0.29) is 18.2 Å². The Kier molecular flexibility index (Phi) is 6.38. The summed E-state index contributed by atoms with van der Waals surface area (Å²) in [4.78, 5) is 35.1. The van der Waals surface area contributed by atoms with Gasteiger partial charge in [0.1, 0.15) is 6.04 Å². The summed E-state index contributed by atoms with van der Waals surface area (Å²) in [7, 11) is 0. The van der Waals surface area contributed by atoms with Gasteiger partial charge in [0.15, 0.2) is 0 Å². The SMILES string of the molecule is NC(CC1CCCCC1)C(=O)NC(C[C@@H]1CCNC1=O)C(=O)O. The number of carbonyl (C=O) groups excluding carboxylic acids is 2. The predicted octanol–water partition coefficient (Wildman–Crippen LogP) is 0.380. The number of amides is 2. The second kappa shape index (κ2) is 8.29. The van der Waals surface area contributed by atoms with Crippen molar-refractivity contribution in [1.82, 2.24) is 10.6 Å². The van der Waals surface area contributed by atoms with Crippen LogP contribution in [0.5, 0.6) is 0 Å². The maximum absolute atomic E-state index is 12.2. The normalized spacial score (nSPS) is 24.7. The number of hydrogen-bond donors (Lipinski definition) is 4. The minimum Gasteiger partial charge on any atom is -0.480 e. The molecule has 0 radical (unpaired) electrons. The average Bonchev–Trinajstić information content (AvgIpc) is 2.92. The summed E-state index contributed by atoms with van der Waals surface area (Å²) in [5.41, 5.74) is 5.95. The highest BCUT2D eigenvalue weighted by atomic mass is 16.4. The monoisotopic (exact) mass is 325 g/mol. The molecule has 1 heterocycles. The highest BCUT2D eigenvalue weighted by Crippen LogP contribution is 2.27. The van der Waals surface area contributed by atoms with Crippen molar-refractivity contribution < 1.29 is 19.5 Å². The smallest absolute Gasteiger partial charge is 0.326 e. The third kappa shape index (κ3) is 5.20. The van der Waals surface area contributed by atoms with Gasteiger partial charge in [-0.15, -0.1) is 0 Å². The maximum Gasteiger partial charge on any atom is 0.326 e. The Morgan fingerprint density at radius 1 is 1.22 bits per heavy atom. The lowest BCUT2D eigenvalue weighted by Gasteiger charge is -2.25. The Morgan fingerprint density at radius 2 is 1.91 bits per heavy atom. The summed E-state index contributed by atoms with van der Waals surface area (Å²) >= 11 is 0. The van der Waals surface area contributed by atoms with Crippen LogP contribution >= 0.6 is 0 Å². The zero-order valence-electron chi connectivity index (χ0n) is 13.4. The van der Waals surface area contributed by atoms with Crippen molar-refractivity contribution in [3.05, 3.63) is 0 Å². The van der Waals surface area contributed by atoms with E-state index in [0.717, 1.165) is 12.8 Å². The molecule has 0 aromatic carbocycles. The lowest BCUT2D eigenvalue weighted by molar-refractivity contribution is -0.142. The molecule has 7 nitrogen and oxygen atoms in total. The molecule has 2 rings (SSSR count). The number of nitrogens with two attached hydrogens (primary N) is 1. The van der Waals surface area contributed by atoms with Crippen LogP contribution in [0.1, 0.15) is 51.4 Å². The number of carbonyl (C=O) groups is 3. The van der Waals surface area contributed by atoms with Crippen LogP contribution in [0.15, 0.2) is 0 Å². The number of hydrogen-bond acceptors (Lipinski definition) is 4. The Bertz CT molecular complexity index is 449. The standard InChI is InChI=1S/C16H27N3O4/c17-12(8-10-4-2-1-3-5-10)15(21)19-13(16(22)23)9-11-6-7-18-14(11)20/h10-13H,1-9,17H2,(H,18,20)(H,19,21)(H,22,23)/t11-,12?,13?/m0/s1. The van der Waals surface area contributed by atoms with E-state index in [1.165, 1.54) is 19.3 Å². The van der Waals surface area contributed by atoms with Gasteiger partial charge in [0.05, 0.1) is 6.04 Å². The van der Waals surface area contributed by atoms with Gasteiger partial charge in [-0.25, -0.2) is 4.79 Å². The lowest BCUT2D eigenvalue weighted by Crippen LogP contribution is -2.50. The lowest BCUT2D eigenvalue weighted by atomic mass is 9.85. The van der Waals surface area contributed by atoms with Crippen LogP contribution in [0.2, 0.25) is 0 Å². The number of nitrogens with one attached hydrogen (secondary N) is 2. The zero-order chi connectivity index (χ0) is 16.8. The summed E-state index contributed by atoms with van der Waals surface area (Å²) in [6, 6.07) is -1.74. The van der Waals surface area contributed by atoms with Crippen molar-refractivity contribution >= 4 is 17.8 Å². The topological polar surface area (TPSA) is 122 Å². The Balaban J connectivity index is 1.83. The number of aliphatic carboxylic acids is 1. The molecule has 1 saturated carbocycles. The summed E-state index contributed by atoms with van der Waals surface area (Å²) < 4.78 is 0. The molecule has 1 aliphatic heterocycles. The molecule has 5 N–H and O–H groups in total. The molecule has 23 heavy (non-hydrogen) atoms. The van der Waals surface area contributed by atoms with Crippen LogP contribution < -0.4 is 16.4 Å². The Labute approximate surface area is 136 Å². The molecule has 1 saturated heterocycles. The maximum atomic E-state index is 12.2. The molecule has 2 fully saturated rings. The van der Waals surface area contributed by atoms with Crippen molar-refractivity contribution in [1.29, 1.82) is 0 Å². The molecule has 0 aromatic heterocycles. The second-order valence-electron chi connectivity index (χ2n) is 6.76. The first kappa shape index (κ1) is 17.7. The van der Waals surface area contributed by atoms with Crippen LogP contribution in [0.25, 0.3) is 0 Å².